The summed E-state index contributed by atoms with van der Waals surface area (Å²) in [4.78, 5) is 12.0. The van der Waals surface area contributed by atoms with Crippen molar-refractivity contribution in [3.8, 4) is 0 Å². The molecule has 1 aliphatic rings. The molecule has 1 aromatic carbocycles. The van der Waals surface area contributed by atoms with Crippen molar-refractivity contribution in [1.82, 2.24) is 5.32 Å². The first-order chi connectivity index (χ1) is 8.56. The van der Waals surface area contributed by atoms with E-state index in [9.17, 15) is 14.3 Å². The standard InChI is InChI=1S/C13H15ClFNO2/c14-10-4-3-9(7-11(10)15)12(18)16-13(8-17)5-1-2-6-13/h3-4,7,17H,1-2,5-6,8H2,(H,16,18). The molecule has 98 valence electrons. The van der Waals surface area contributed by atoms with Crippen molar-refractivity contribution in [2.45, 2.75) is 31.2 Å². The largest absolute Gasteiger partial charge is 0.394 e. The lowest BCUT2D eigenvalue weighted by Gasteiger charge is -2.28. The maximum atomic E-state index is 13.3. The molecule has 0 heterocycles. The van der Waals surface area contributed by atoms with E-state index >= 15 is 0 Å². The number of carbonyl (C=O) groups is 1. The number of nitrogens with one attached hydrogen (secondary N) is 1. The van der Waals surface area contributed by atoms with Crippen LogP contribution in [0.4, 0.5) is 4.39 Å². The van der Waals surface area contributed by atoms with Gasteiger partial charge in [0.1, 0.15) is 5.82 Å². The average Bonchev–Trinajstić information content (AvgIpc) is 2.82. The molecule has 2 rings (SSSR count). The minimum absolute atomic E-state index is 0.00992. The summed E-state index contributed by atoms with van der Waals surface area (Å²) >= 11 is 5.56. The second-order valence-corrected chi connectivity index (χ2v) is 5.14. The molecule has 3 nitrogen and oxygen atoms in total. The molecule has 1 aromatic rings. The Bertz CT molecular complexity index is 458. The summed E-state index contributed by atoms with van der Waals surface area (Å²) in [5, 5.41) is 12.2. The third-order valence-electron chi connectivity index (χ3n) is 3.42. The Kier molecular flexibility index (Phi) is 3.88. The molecular formula is C13H15ClFNO2. The minimum Gasteiger partial charge on any atom is -0.394 e. The Morgan fingerprint density at radius 3 is 2.67 bits per heavy atom. The normalized spacial score (nSPS) is 17.7. The first-order valence-electron chi connectivity index (χ1n) is 5.95. The highest BCUT2D eigenvalue weighted by atomic mass is 35.5. The van der Waals surface area contributed by atoms with Gasteiger partial charge in [0.15, 0.2) is 0 Å². The van der Waals surface area contributed by atoms with Gasteiger partial charge in [-0.05, 0) is 31.0 Å². The molecule has 0 atom stereocenters. The van der Waals surface area contributed by atoms with Crippen LogP contribution in [-0.4, -0.2) is 23.2 Å². The van der Waals surface area contributed by atoms with Crippen LogP contribution in [0.15, 0.2) is 18.2 Å². The highest BCUT2D eigenvalue weighted by molar-refractivity contribution is 6.30. The second-order valence-electron chi connectivity index (χ2n) is 4.73. The van der Waals surface area contributed by atoms with Gasteiger partial charge in [-0.3, -0.25) is 4.79 Å². The van der Waals surface area contributed by atoms with Gasteiger partial charge < -0.3 is 10.4 Å². The highest BCUT2D eigenvalue weighted by Gasteiger charge is 2.34. The van der Waals surface area contributed by atoms with Crippen LogP contribution in [0.3, 0.4) is 0 Å². The zero-order valence-corrected chi connectivity index (χ0v) is 10.6. The molecule has 0 bridgehead atoms. The molecule has 0 aliphatic heterocycles. The molecule has 18 heavy (non-hydrogen) atoms. The number of aliphatic hydroxyl groups excluding tert-OH is 1. The number of halogens is 2. The fourth-order valence-corrected chi connectivity index (χ4v) is 2.44. The number of hydrogen-bond acceptors (Lipinski definition) is 2. The van der Waals surface area contributed by atoms with Crippen molar-refractivity contribution in [2.75, 3.05) is 6.61 Å². The van der Waals surface area contributed by atoms with Crippen LogP contribution in [0, 0.1) is 5.82 Å². The van der Waals surface area contributed by atoms with Crippen LogP contribution >= 0.6 is 11.6 Å². The quantitative estimate of drug-likeness (QED) is 0.887. The van der Waals surface area contributed by atoms with Crippen molar-refractivity contribution in [2.24, 2.45) is 0 Å². The van der Waals surface area contributed by atoms with Crippen LogP contribution in [0.2, 0.25) is 5.02 Å². The predicted molar refractivity (Wildman–Crippen MR) is 67.2 cm³/mol. The topological polar surface area (TPSA) is 49.3 Å². The Labute approximate surface area is 110 Å². The number of aliphatic hydroxyl groups is 1. The Morgan fingerprint density at radius 1 is 1.44 bits per heavy atom. The fourth-order valence-electron chi connectivity index (χ4n) is 2.32. The summed E-state index contributed by atoms with van der Waals surface area (Å²) < 4.78 is 13.3. The molecule has 1 aliphatic carbocycles. The molecule has 2 N–H and O–H groups in total. The van der Waals surface area contributed by atoms with E-state index in [0.717, 1.165) is 31.7 Å². The Balaban J connectivity index is 2.13. The minimum atomic E-state index is -0.617. The van der Waals surface area contributed by atoms with E-state index in [0.29, 0.717) is 0 Å². The maximum Gasteiger partial charge on any atom is 0.251 e. The zero-order chi connectivity index (χ0) is 13.2. The van der Waals surface area contributed by atoms with Crippen LogP contribution in [0.1, 0.15) is 36.0 Å². The van der Waals surface area contributed by atoms with Gasteiger partial charge in [0.2, 0.25) is 0 Å². The van der Waals surface area contributed by atoms with E-state index in [2.05, 4.69) is 5.32 Å². The zero-order valence-electron chi connectivity index (χ0n) is 9.88. The van der Waals surface area contributed by atoms with Crippen LogP contribution < -0.4 is 5.32 Å². The molecule has 1 saturated carbocycles. The van der Waals surface area contributed by atoms with Crippen molar-refractivity contribution >= 4 is 17.5 Å². The van der Waals surface area contributed by atoms with E-state index in [4.69, 9.17) is 11.6 Å². The lowest BCUT2D eigenvalue weighted by molar-refractivity contribution is 0.0838. The Hall–Kier alpha value is -1.13. The maximum absolute atomic E-state index is 13.3. The predicted octanol–water partition coefficient (Wildman–Crippen LogP) is 2.51. The molecule has 5 heteroatoms. The molecule has 1 amide bonds. The smallest absolute Gasteiger partial charge is 0.251 e. The number of rotatable bonds is 3. The number of benzene rings is 1. The second kappa shape index (κ2) is 5.24. The van der Waals surface area contributed by atoms with E-state index in [-0.39, 0.29) is 23.1 Å². The summed E-state index contributed by atoms with van der Waals surface area (Å²) in [6.07, 6.45) is 3.47. The van der Waals surface area contributed by atoms with Gasteiger partial charge in [-0.2, -0.15) is 0 Å². The number of carbonyl (C=O) groups excluding carboxylic acids is 1. The van der Waals surface area contributed by atoms with Gasteiger partial charge in [-0.15, -0.1) is 0 Å². The Morgan fingerprint density at radius 2 is 2.11 bits per heavy atom. The average molecular weight is 272 g/mol. The summed E-state index contributed by atoms with van der Waals surface area (Å²) in [6.45, 7) is -0.0885. The van der Waals surface area contributed by atoms with Crippen molar-refractivity contribution < 1.29 is 14.3 Å². The molecule has 0 saturated heterocycles. The van der Waals surface area contributed by atoms with Crippen LogP contribution in [0.5, 0.6) is 0 Å². The summed E-state index contributed by atoms with van der Waals surface area (Å²) in [7, 11) is 0. The van der Waals surface area contributed by atoms with E-state index in [1.807, 2.05) is 0 Å². The molecule has 0 unspecified atom stereocenters. The van der Waals surface area contributed by atoms with Gasteiger partial charge >= 0.3 is 0 Å². The van der Waals surface area contributed by atoms with Gasteiger partial charge in [0.05, 0.1) is 17.2 Å². The molecular weight excluding hydrogens is 257 g/mol. The van der Waals surface area contributed by atoms with Gasteiger partial charge in [0, 0.05) is 5.56 Å². The van der Waals surface area contributed by atoms with Crippen LogP contribution in [-0.2, 0) is 0 Å². The first kappa shape index (κ1) is 13.3. The first-order valence-corrected chi connectivity index (χ1v) is 6.32. The molecule has 0 spiro atoms. The monoisotopic (exact) mass is 271 g/mol. The molecule has 1 fully saturated rings. The van der Waals surface area contributed by atoms with Gasteiger partial charge in [-0.25, -0.2) is 4.39 Å². The lowest BCUT2D eigenvalue weighted by Crippen LogP contribution is -2.49. The highest BCUT2D eigenvalue weighted by Crippen LogP contribution is 2.29. The van der Waals surface area contributed by atoms with Crippen molar-refractivity contribution in [3.05, 3.63) is 34.6 Å². The molecule has 0 radical (unpaired) electrons. The lowest BCUT2D eigenvalue weighted by atomic mass is 9.98. The van der Waals surface area contributed by atoms with E-state index in [1.54, 1.807) is 0 Å². The third-order valence-corrected chi connectivity index (χ3v) is 3.73. The SMILES string of the molecule is O=C(NC1(CO)CCCC1)c1ccc(Cl)c(F)c1. The van der Waals surface area contributed by atoms with Gasteiger partial charge in [0.25, 0.3) is 5.91 Å². The van der Waals surface area contributed by atoms with Gasteiger partial charge in [-0.1, -0.05) is 24.4 Å². The number of hydrogen-bond donors (Lipinski definition) is 2. The van der Waals surface area contributed by atoms with Crippen molar-refractivity contribution in [3.63, 3.8) is 0 Å². The van der Waals surface area contributed by atoms with Crippen LogP contribution in [0.25, 0.3) is 0 Å². The molecule has 0 aromatic heterocycles. The summed E-state index contributed by atoms with van der Waals surface area (Å²) in [5.41, 5.74) is -0.329. The third kappa shape index (κ3) is 2.65. The van der Waals surface area contributed by atoms with E-state index < -0.39 is 11.4 Å². The van der Waals surface area contributed by atoms with E-state index in [1.165, 1.54) is 12.1 Å². The summed E-state index contributed by atoms with van der Waals surface area (Å²) in [5.74, 6) is -0.990. The summed E-state index contributed by atoms with van der Waals surface area (Å²) in [6, 6.07) is 3.94. The number of amides is 1. The fraction of sp³-hybridized carbons (Fsp3) is 0.462. The van der Waals surface area contributed by atoms with Crippen molar-refractivity contribution in [1.29, 1.82) is 0 Å².